The number of rotatable bonds is 12. The van der Waals surface area contributed by atoms with E-state index in [-0.39, 0.29) is 52.5 Å². The van der Waals surface area contributed by atoms with E-state index < -0.39 is 11.9 Å². The summed E-state index contributed by atoms with van der Waals surface area (Å²) in [7, 11) is 0. The van der Waals surface area contributed by atoms with E-state index in [2.05, 4.69) is 48.1 Å². The van der Waals surface area contributed by atoms with Crippen LogP contribution in [-0.2, 0) is 22.6 Å². The lowest BCUT2D eigenvalue weighted by Crippen LogP contribution is -2.67. The maximum atomic E-state index is 17.2. The Morgan fingerprint density at radius 1 is 0.857 bits per heavy atom. The minimum atomic E-state index is -0.603. The fourth-order valence-electron chi connectivity index (χ4n) is 12.7. The highest BCUT2D eigenvalue weighted by Crippen LogP contribution is 2.48. The largest absolute Gasteiger partial charge is 0.508 e. The van der Waals surface area contributed by atoms with E-state index in [1.54, 1.807) is 23.2 Å². The number of ether oxygens (including phenoxy) is 1. The fourth-order valence-corrected chi connectivity index (χ4v) is 12.7. The molecule has 5 aromatic rings. The van der Waals surface area contributed by atoms with Gasteiger partial charge in [0.2, 0.25) is 11.8 Å². The van der Waals surface area contributed by atoms with Crippen LogP contribution >= 0.6 is 0 Å². The number of carbonyl (C=O) groups is 3. The van der Waals surface area contributed by atoms with Crippen LogP contribution in [0.3, 0.4) is 0 Å². The number of likely N-dealkylation sites (tertiary alicyclic amines) is 1. The zero-order chi connectivity index (χ0) is 47.4. The van der Waals surface area contributed by atoms with E-state index in [4.69, 9.17) is 19.7 Å². The Morgan fingerprint density at radius 3 is 2.34 bits per heavy atom. The summed E-state index contributed by atoms with van der Waals surface area (Å²) in [4.78, 5) is 66.1. The second-order valence-electron chi connectivity index (χ2n) is 21.4. The molecule has 2 bridgehead atoms. The predicted molar refractivity (Wildman–Crippen MR) is 262 cm³/mol. The molecule has 70 heavy (non-hydrogen) atoms. The molecule has 1 saturated carbocycles. The van der Waals surface area contributed by atoms with Crippen LogP contribution in [0.1, 0.15) is 66.9 Å². The van der Waals surface area contributed by atoms with Gasteiger partial charge in [-0.1, -0.05) is 25.1 Å². The summed E-state index contributed by atoms with van der Waals surface area (Å²) in [5, 5.41) is 19.1. The highest BCUT2D eigenvalue weighted by molar-refractivity contribution is 6.06. The SMILES string of the molecule is CCc1cccc2cc(O)cc(-c3ncc4c(N5CC6CCC(C5)N6)nc(OCC5(CN6CC(N7CCN(C8CN(c9ccc%10c(c9)CN(C9CCC(=O)NC9=O)C%10=O)C8)CC7)C6)CC5)nc4c3F)c12. The van der Waals surface area contributed by atoms with Crippen molar-refractivity contribution >= 4 is 50.9 Å². The third kappa shape index (κ3) is 7.80. The Hall–Kier alpha value is -6.01. The van der Waals surface area contributed by atoms with Gasteiger partial charge in [-0.2, -0.15) is 9.97 Å². The summed E-state index contributed by atoms with van der Waals surface area (Å²) in [5.74, 6) is -0.614. The number of amides is 3. The van der Waals surface area contributed by atoms with Gasteiger partial charge in [-0.3, -0.25) is 39.4 Å². The van der Waals surface area contributed by atoms with Gasteiger partial charge < -0.3 is 29.9 Å². The van der Waals surface area contributed by atoms with Crippen molar-refractivity contribution in [2.75, 3.05) is 88.4 Å². The van der Waals surface area contributed by atoms with Crippen LogP contribution in [0, 0.1) is 11.2 Å². The molecule has 7 fully saturated rings. The summed E-state index contributed by atoms with van der Waals surface area (Å²) in [6.07, 6.45) is 7.42. The van der Waals surface area contributed by atoms with Crippen LogP contribution in [0.5, 0.6) is 11.8 Å². The molecule has 7 aliphatic heterocycles. The summed E-state index contributed by atoms with van der Waals surface area (Å²) >= 11 is 0. The highest BCUT2D eigenvalue weighted by Gasteiger charge is 2.48. The van der Waals surface area contributed by atoms with Gasteiger partial charge in [-0.25, -0.2) is 4.39 Å². The molecule has 364 valence electrons. The minimum Gasteiger partial charge on any atom is -0.508 e. The summed E-state index contributed by atoms with van der Waals surface area (Å²) in [5.41, 5.74) is 4.67. The van der Waals surface area contributed by atoms with E-state index in [1.165, 1.54) is 0 Å². The number of aromatic nitrogens is 3. The topological polar surface area (TPSA) is 163 Å². The van der Waals surface area contributed by atoms with Crippen LogP contribution in [0.15, 0.2) is 54.7 Å². The first kappa shape index (κ1) is 44.0. The van der Waals surface area contributed by atoms with Gasteiger partial charge in [0.25, 0.3) is 5.91 Å². The molecule has 0 radical (unpaired) electrons. The van der Waals surface area contributed by atoms with E-state index in [0.29, 0.717) is 66.1 Å². The van der Waals surface area contributed by atoms with Crippen LogP contribution < -0.4 is 25.2 Å². The molecule has 6 saturated heterocycles. The van der Waals surface area contributed by atoms with Gasteiger partial charge in [-0.15, -0.1) is 0 Å². The first-order valence-electron chi connectivity index (χ1n) is 25.5. The maximum Gasteiger partial charge on any atom is 0.319 e. The number of halogens is 1. The van der Waals surface area contributed by atoms with Crippen molar-refractivity contribution < 1.29 is 28.6 Å². The zero-order valence-electron chi connectivity index (χ0n) is 39.7. The van der Waals surface area contributed by atoms with Gasteiger partial charge in [0.1, 0.15) is 28.8 Å². The molecule has 9 heterocycles. The normalized spacial score (nSPS) is 25.1. The molecular weight excluding hydrogens is 890 g/mol. The number of carbonyl (C=O) groups excluding carboxylic acids is 3. The number of benzene rings is 3. The molecule has 8 aliphatic rings. The lowest BCUT2D eigenvalue weighted by Gasteiger charge is -2.52. The molecule has 16 nitrogen and oxygen atoms in total. The molecule has 1 aliphatic carbocycles. The number of fused-ring (bicyclic) bond motifs is 5. The Kier molecular flexibility index (Phi) is 10.7. The van der Waals surface area contributed by atoms with Crippen molar-refractivity contribution in [2.45, 2.75) is 88.6 Å². The molecule has 3 atom stereocenters. The Bertz CT molecular complexity index is 2940. The number of anilines is 2. The Morgan fingerprint density at radius 2 is 1.61 bits per heavy atom. The van der Waals surface area contributed by atoms with Crippen LogP contribution in [-0.4, -0.2) is 166 Å². The number of phenolic OH excluding ortho intramolecular Hbond substituents is 1. The number of nitrogens with one attached hydrogen (secondary N) is 2. The molecule has 3 aromatic carbocycles. The molecule has 2 aromatic heterocycles. The van der Waals surface area contributed by atoms with Crippen molar-refractivity contribution in [3.63, 3.8) is 0 Å². The molecule has 17 heteroatoms. The van der Waals surface area contributed by atoms with Crippen LogP contribution in [0.25, 0.3) is 32.9 Å². The van der Waals surface area contributed by atoms with Gasteiger partial charge in [0.15, 0.2) is 5.82 Å². The second-order valence-corrected chi connectivity index (χ2v) is 21.4. The number of hydrogen-bond acceptors (Lipinski definition) is 14. The van der Waals surface area contributed by atoms with Crippen molar-refractivity contribution in [1.82, 2.24) is 45.2 Å². The monoisotopic (exact) mass is 949 g/mol. The third-order valence-electron chi connectivity index (χ3n) is 16.9. The zero-order valence-corrected chi connectivity index (χ0v) is 39.7. The van der Waals surface area contributed by atoms with Crippen molar-refractivity contribution in [3.8, 4) is 23.0 Å². The van der Waals surface area contributed by atoms with E-state index in [0.717, 1.165) is 132 Å². The maximum absolute atomic E-state index is 17.2. The predicted octanol–water partition coefficient (Wildman–Crippen LogP) is 4.30. The molecule has 13 rings (SSSR count). The second kappa shape index (κ2) is 17.1. The number of phenols is 1. The van der Waals surface area contributed by atoms with Crippen molar-refractivity contribution in [2.24, 2.45) is 5.41 Å². The average molecular weight is 950 g/mol. The van der Waals surface area contributed by atoms with Crippen molar-refractivity contribution in [1.29, 1.82) is 0 Å². The summed E-state index contributed by atoms with van der Waals surface area (Å²) in [6, 6.07) is 16.7. The Labute approximate surface area is 406 Å². The first-order chi connectivity index (χ1) is 34.0. The molecular formula is C53H60FN11O5. The lowest BCUT2D eigenvalue weighted by atomic mass is 9.95. The number of pyridine rings is 1. The van der Waals surface area contributed by atoms with Gasteiger partial charge >= 0.3 is 6.01 Å². The van der Waals surface area contributed by atoms with Crippen LogP contribution in [0.2, 0.25) is 0 Å². The fraction of sp³-hybridized carbons (Fsp3) is 0.509. The third-order valence-corrected chi connectivity index (χ3v) is 16.9. The standard InChI is InChI=1S/C53H60FN11O5/c1-2-31-4-3-5-32-19-39(66)20-41(45(31)32)47-46(54)48-42(21-55-47)49(64-23-34-6-7-35(24-64)56-34)59-52(58-48)70-30-53(12-13-53)29-60-25-37(26-60)61-14-16-62(17-15-61)38-27-63(28-38)36-8-9-40-33(18-36)22-65(51(40)69)43-10-11-44(67)57-50(43)68/h3-5,8-9,18-21,34-35,37-38,43,56,66H,2,6-7,10-17,22-30H2,1H3,(H,57,67,68). The van der Waals surface area contributed by atoms with Gasteiger partial charge in [0, 0.05) is 138 Å². The minimum absolute atomic E-state index is 0.0205. The summed E-state index contributed by atoms with van der Waals surface area (Å²) < 4.78 is 23.7. The molecule has 0 spiro atoms. The molecule has 3 amide bonds. The van der Waals surface area contributed by atoms with Gasteiger partial charge in [-0.05, 0) is 90.8 Å². The first-order valence-corrected chi connectivity index (χ1v) is 25.5. The van der Waals surface area contributed by atoms with E-state index in [1.807, 2.05) is 30.3 Å². The van der Waals surface area contributed by atoms with Crippen LogP contribution in [0.4, 0.5) is 15.9 Å². The van der Waals surface area contributed by atoms with Gasteiger partial charge in [0.05, 0.1) is 12.0 Å². The summed E-state index contributed by atoms with van der Waals surface area (Å²) in [6.45, 7) is 13.7. The Balaban J connectivity index is 0.629. The number of piperazine rings is 2. The average Bonchev–Trinajstić information content (AvgIpc) is 3.92. The smallest absolute Gasteiger partial charge is 0.319 e. The quantitative estimate of drug-likeness (QED) is 0.152. The number of imide groups is 1. The van der Waals surface area contributed by atoms with Crippen molar-refractivity contribution in [3.05, 3.63) is 77.2 Å². The number of nitrogens with zero attached hydrogens (tertiary/aromatic N) is 9. The number of aryl methyl sites for hydroxylation is 1. The number of hydrogen-bond donors (Lipinski definition) is 3. The lowest BCUT2D eigenvalue weighted by molar-refractivity contribution is -0.136. The highest BCUT2D eigenvalue weighted by atomic mass is 19.1. The molecule has 3 N–H and O–H groups in total. The number of piperidine rings is 1. The number of aromatic hydroxyl groups is 1. The molecule has 3 unspecified atom stereocenters. The van der Waals surface area contributed by atoms with E-state index >= 15 is 4.39 Å². The van der Waals surface area contributed by atoms with E-state index in [9.17, 15) is 19.5 Å².